The van der Waals surface area contributed by atoms with Crippen molar-refractivity contribution in [2.24, 2.45) is 5.41 Å². The normalized spacial score (nSPS) is 20.9. The zero-order valence-corrected chi connectivity index (χ0v) is 20.0. The van der Waals surface area contributed by atoms with Gasteiger partial charge in [-0.25, -0.2) is 15.0 Å². The van der Waals surface area contributed by atoms with E-state index in [1.54, 1.807) is 11.3 Å². The van der Waals surface area contributed by atoms with Gasteiger partial charge in [0.1, 0.15) is 15.4 Å². The van der Waals surface area contributed by atoms with E-state index < -0.39 is 0 Å². The van der Waals surface area contributed by atoms with E-state index in [-0.39, 0.29) is 0 Å². The molecule has 9 heteroatoms. The van der Waals surface area contributed by atoms with Crippen molar-refractivity contribution >= 4 is 38.4 Å². The van der Waals surface area contributed by atoms with Crippen molar-refractivity contribution in [2.45, 2.75) is 19.4 Å². The molecule has 0 aliphatic carbocycles. The monoisotopic (exact) mass is 475 g/mol. The highest BCUT2D eigenvalue weighted by atomic mass is 32.1. The average molecular weight is 476 g/mol. The molecule has 3 aliphatic heterocycles. The number of aromatic nitrogens is 4. The van der Waals surface area contributed by atoms with Crippen LogP contribution in [0.2, 0.25) is 0 Å². The Labute approximate surface area is 202 Å². The Kier molecular flexibility index (Phi) is 5.05. The molecule has 3 aliphatic rings. The van der Waals surface area contributed by atoms with Crippen LogP contribution in [0.4, 0.5) is 5.82 Å². The zero-order valence-electron chi connectivity index (χ0n) is 19.2. The molecule has 3 aromatic heterocycles. The maximum absolute atomic E-state index is 5.61. The molecule has 0 bridgehead atoms. The second-order valence-electron chi connectivity index (χ2n) is 9.87. The van der Waals surface area contributed by atoms with Crippen molar-refractivity contribution in [1.29, 1.82) is 0 Å². The van der Waals surface area contributed by atoms with Gasteiger partial charge >= 0.3 is 0 Å². The van der Waals surface area contributed by atoms with Crippen LogP contribution in [0, 0.1) is 5.41 Å². The third-order valence-corrected chi connectivity index (χ3v) is 8.51. The van der Waals surface area contributed by atoms with E-state index in [4.69, 9.17) is 19.7 Å². The minimum atomic E-state index is 0.531. The summed E-state index contributed by atoms with van der Waals surface area (Å²) in [6.07, 6.45) is 4.57. The number of fused-ring (bicyclic) bond motifs is 2. The van der Waals surface area contributed by atoms with Gasteiger partial charge in [-0.05, 0) is 43.5 Å². The van der Waals surface area contributed by atoms with Crippen LogP contribution < -0.4 is 10.2 Å². The fourth-order valence-corrected chi connectivity index (χ4v) is 6.77. The summed E-state index contributed by atoms with van der Waals surface area (Å²) >= 11 is 1.72. The van der Waals surface area contributed by atoms with E-state index in [1.165, 1.54) is 25.9 Å². The Morgan fingerprint density at radius 2 is 1.88 bits per heavy atom. The molecule has 2 N–H and O–H groups in total. The molecule has 8 nitrogen and oxygen atoms in total. The SMILES string of the molecule is c1cc(-c2nc(N3CCOCC3)c3nc(CN4CC5(CCNCC5)C4)sc3n2)c2cc[nH]c2c1. The Hall–Kier alpha value is -2.59. The molecular formula is C25H29N7OS. The van der Waals surface area contributed by atoms with Crippen molar-refractivity contribution in [1.82, 2.24) is 30.2 Å². The van der Waals surface area contributed by atoms with Crippen LogP contribution in [0.15, 0.2) is 30.5 Å². The Morgan fingerprint density at radius 1 is 1.03 bits per heavy atom. The molecule has 3 saturated heterocycles. The molecule has 3 fully saturated rings. The maximum Gasteiger partial charge on any atom is 0.163 e. The van der Waals surface area contributed by atoms with Crippen molar-refractivity contribution in [2.75, 3.05) is 57.4 Å². The van der Waals surface area contributed by atoms with Crippen LogP contribution in [0.1, 0.15) is 17.8 Å². The van der Waals surface area contributed by atoms with Crippen LogP contribution in [-0.2, 0) is 11.3 Å². The van der Waals surface area contributed by atoms with Crippen molar-refractivity contribution in [3.8, 4) is 11.4 Å². The van der Waals surface area contributed by atoms with Gasteiger partial charge in [-0.1, -0.05) is 23.5 Å². The maximum atomic E-state index is 5.61. The number of likely N-dealkylation sites (tertiary alicyclic amines) is 1. The van der Waals surface area contributed by atoms with E-state index in [1.807, 2.05) is 6.20 Å². The highest BCUT2D eigenvalue weighted by molar-refractivity contribution is 7.18. The first-order chi connectivity index (χ1) is 16.8. The largest absolute Gasteiger partial charge is 0.378 e. The van der Waals surface area contributed by atoms with Crippen molar-refractivity contribution in [3.05, 3.63) is 35.5 Å². The van der Waals surface area contributed by atoms with Gasteiger partial charge in [0.2, 0.25) is 0 Å². The predicted octanol–water partition coefficient (Wildman–Crippen LogP) is 3.26. The number of hydrogen-bond acceptors (Lipinski definition) is 8. The van der Waals surface area contributed by atoms with Gasteiger partial charge in [0.15, 0.2) is 11.6 Å². The second kappa shape index (κ2) is 8.27. The van der Waals surface area contributed by atoms with Gasteiger partial charge in [0, 0.05) is 48.8 Å². The van der Waals surface area contributed by atoms with Crippen molar-refractivity contribution < 1.29 is 4.74 Å². The summed E-state index contributed by atoms with van der Waals surface area (Å²) in [6.45, 7) is 8.69. The highest BCUT2D eigenvalue weighted by Crippen LogP contribution is 2.40. The number of ether oxygens (including phenoxy) is 1. The molecule has 7 rings (SSSR count). The number of nitrogens with zero attached hydrogens (tertiary/aromatic N) is 5. The molecule has 0 amide bonds. The predicted molar refractivity (Wildman–Crippen MR) is 135 cm³/mol. The highest BCUT2D eigenvalue weighted by Gasteiger charge is 2.43. The summed E-state index contributed by atoms with van der Waals surface area (Å²) in [5, 5.41) is 5.78. The van der Waals surface area contributed by atoms with Gasteiger partial charge in [0.05, 0.1) is 19.8 Å². The van der Waals surface area contributed by atoms with Gasteiger partial charge < -0.3 is 19.9 Å². The van der Waals surface area contributed by atoms with Crippen LogP contribution in [0.25, 0.3) is 32.6 Å². The minimum Gasteiger partial charge on any atom is -0.378 e. The quantitative estimate of drug-likeness (QED) is 0.469. The summed E-state index contributed by atoms with van der Waals surface area (Å²) in [6, 6.07) is 8.37. The lowest BCUT2D eigenvalue weighted by Gasteiger charge is -2.52. The van der Waals surface area contributed by atoms with E-state index in [9.17, 15) is 0 Å². The van der Waals surface area contributed by atoms with E-state index in [0.717, 1.165) is 89.4 Å². The zero-order chi connectivity index (χ0) is 22.5. The first-order valence-corrected chi connectivity index (χ1v) is 13.1. The third-order valence-electron chi connectivity index (χ3n) is 7.57. The van der Waals surface area contributed by atoms with Crippen LogP contribution in [-0.4, -0.2) is 77.3 Å². The molecule has 176 valence electrons. The molecule has 34 heavy (non-hydrogen) atoms. The third kappa shape index (κ3) is 3.58. The van der Waals surface area contributed by atoms with E-state index >= 15 is 0 Å². The molecule has 0 atom stereocenters. The summed E-state index contributed by atoms with van der Waals surface area (Å²) in [5.41, 5.74) is 3.62. The topological polar surface area (TPSA) is 82.2 Å². The van der Waals surface area contributed by atoms with Crippen LogP contribution >= 0.6 is 11.3 Å². The second-order valence-corrected chi connectivity index (χ2v) is 10.9. The minimum absolute atomic E-state index is 0.531. The fraction of sp³-hybridized carbons (Fsp3) is 0.480. The number of H-pyrrole nitrogens is 1. The van der Waals surface area contributed by atoms with Gasteiger partial charge in [-0.3, -0.25) is 4.90 Å². The lowest BCUT2D eigenvalue weighted by atomic mass is 9.72. The lowest BCUT2D eigenvalue weighted by molar-refractivity contribution is -0.0282. The van der Waals surface area contributed by atoms with Gasteiger partial charge in [0.25, 0.3) is 0 Å². The van der Waals surface area contributed by atoms with E-state index in [0.29, 0.717) is 5.41 Å². The first-order valence-electron chi connectivity index (χ1n) is 12.3. The van der Waals surface area contributed by atoms with Gasteiger partial charge in [-0.15, -0.1) is 0 Å². The summed E-state index contributed by atoms with van der Waals surface area (Å²) in [5.74, 6) is 1.71. The Bertz CT molecular complexity index is 1330. The molecule has 0 radical (unpaired) electrons. The molecule has 1 aromatic carbocycles. The van der Waals surface area contributed by atoms with Crippen LogP contribution in [0.3, 0.4) is 0 Å². The first kappa shape index (κ1) is 20.8. The Balaban J connectivity index is 1.25. The number of aromatic amines is 1. The van der Waals surface area contributed by atoms with Crippen LogP contribution in [0.5, 0.6) is 0 Å². The number of anilines is 1. The number of hydrogen-bond donors (Lipinski definition) is 2. The van der Waals surface area contributed by atoms with Gasteiger partial charge in [-0.2, -0.15) is 0 Å². The number of piperidine rings is 1. The summed E-state index contributed by atoms with van der Waals surface area (Å²) in [4.78, 5) is 24.3. The lowest BCUT2D eigenvalue weighted by Crippen LogP contribution is -2.59. The molecule has 1 spiro atoms. The Morgan fingerprint density at radius 3 is 2.74 bits per heavy atom. The van der Waals surface area contributed by atoms with Crippen molar-refractivity contribution in [3.63, 3.8) is 0 Å². The number of benzene rings is 1. The average Bonchev–Trinajstić information content (AvgIpc) is 3.50. The fourth-order valence-electron chi connectivity index (χ4n) is 5.79. The summed E-state index contributed by atoms with van der Waals surface area (Å²) < 4.78 is 5.61. The number of morpholine rings is 1. The number of nitrogens with one attached hydrogen (secondary N) is 2. The molecule has 4 aromatic rings. The smallest absolute Gasteiger partial charge is 0.163 e. The standard InChI is InChI=1S/C25H29N7OS/c1-2-18(17-4-7-27-19(17)3-1)22-29-23(32-10-12-33-13-11-32)21-24(30-22)34-20(28-21)14-31-15-25(16-31)5-8-26-9-6-25/h1-4,7,26-27H,5-6,8-16H2. The molecule has 0 saturated carbocycles. The molecule has 0 unspecified atom stereocenters. The molecular weight excluding hydrogens is 446 g/mol. The summed E-state index contributed by atoms with van der Waals surface area (Å²) in [7, 11) is 0. The molecule has 6 heterocycles. The number of rotatable bonds is 4. The number of thiazole rings is 1. The van der Waals surface area contributed by atoms with E-state index in [2.05, 4.69) is 44.4 Å².